The minimum absolute atomic E-state index is 0.00188. The first kappa shape index (κ1) is 19.6. The average Bonchev–Trinajstić information content (AvgIpc) is 3.38. The molecule has 0 bridgehead atoms. The van der Waals surface area contributed by atoms with Gasteiger partial charge in [-0.3, -0.25) is 14.2 Å². The van der Waals surface area contributed by atoms with Gasteiger partial charge in [-0.25, -0.2) is 0 Å². The number of hydrogen-bond donors (Lipinski definition) is 1. The van der Waals surface area contributed by atoms with E-state index in [4.69, 9.17) is 5.10 Å². The highest BCUT2D eigenvalue weighted by molar-refractivity contribution is 5.76. The summed E-state index contributed by atoms with van der Waals surface area (Å²) in [5, 5.41) is 12.1. The van der Waals surface area contributed by atoms with E-state index in [0.29, 0.717) is 26.1 Å². The molecule has 30 heavy (non-hydrogen) atoms. The molecule has 0 aliphatic carbocycles. The van der Waals surface area contributed by atoms with Crippen LogP contribution in [0.4, 0.5) is 0 Å². The number of carbonyl (C=O) groups is 1. The van der Waals surface area contributed by atoms with E-state index in [1.807, 2.05) is 72.5 Å². The van der Waals surface area contributed by atoms with Gasteiger partial charge in [-0.1, -0.05) is 60.7 Å². The molecule has 0 fully saturated rings. The lowest BCUT2D eigenvalue weighted by molar-refractivity contribution is -0.121. The first-order chi connectivity index (χ1) is 14.7. The van der Waals surface area contributed by atoms with Crippen LogP contribution in [-0.4, -0.2) is 25.5 Å². The van der Waals surface area contributed by atoms with Gasteiger partial charge in [-0.15, -0.1) is 0 Å². The van der Waals surface area contributed by atoms with E-state index in [1.165, 1.54) is 5.56 Å². The number of benzene rings is 2. The predicted octanol–water partition coefficient (Wildman–Crippen LogP) is 3.81. The molecule has 0 aliphatic rings. The summed E-state index contributed by atoms with van der Waals surface area (Å²) in [5.41, 5.74) is 5.22. The maximum atomic E-state index is 12.4. The van der Waals surface area contributed by atoms with E-state index in [2.05, 4.69) is 22.5 Å². The van der Waals surface area contributed by atoms with Crippen LogP contribution in [0.1, 0.15) is 23.1 Å². The van der Waals surface area contributed by atoms with E-state index in [0.717, 1.165) is 22.4 Å². The summed E-state index contributed by atoms with van der Waals surface area (Å²) in [6.45, 7) is 3.68. The Kier molecular flexibility index (Phi) is 6.03. The maximum absolute atomic E-state index is 12.4. The van der Waals surface area contributed by atoms with E-state index < -0.39 is 0 Å². The number of aryl methyl sites for hydroxylation is 2. The molecule has 0 spiro atoms. The van der Waals surface area contributed by atoms with E-state index in [1.54, 1.807) is 10.9 Å². The lowest BCUT2D eigenvalue weighted by atomic mass is 10.1. The molecule has 6 heteroatoms. The third kappa shape index (κ3) is 5.03. The molecule has 152 valence electrons. The molecule has 0 atom stereocenters. The minimum atomic E-state index is -0.00188. The van der Waals surface area contributed by atoms with Gasteiger partial charge in [0, 0.05) is 43.0 Å². The summed E-state index contributed by atoms with van der Waals surface area (Å²) in [4.78, 5) is 12.4. The quantitative estimate of drug-likeness (QED) is 0.490. The first-order valence-corrected chi connectivity index (χ1v) is 10.1. The van der Waals surface area contributed by atoms with E-state index in [9.17, 15) is 4.79 Å². The summed E-state index contributed by atoms with van der Waals surface area (Å²) in [5.74, 6) is -0.00188. The summed E-state index contributed by atoms with van der Waals surface area (Å²) < 4.78 is 3.73. The second-order valence-electron chi connectivity index (χ2n) is 7.36. The summed E-state index contributed by atoms with van der Waals surface area (Å²) in [6, 6.07) is 20.3. The second kappa shape index (κ2) is 9.22. The number of nitrogens with zero attached hydrogens (tertiary/aromatic N) is 4. The topological polar surface area (TPSA) is 64.7 Å². The van der Waals surface area contributed by atoms with Crippen LogP contribution in [0.5, 0.6) is 0 Å². The van der Waals surface area contributed by atoms with Crippen molar-refractivity contribution in [2.24, 2.45) is 0 Å². The smallest absolute Gasteiger partial charge is 0.222 e. The molecule has 0 saturated carbocycles. The molecule has 1 N–H and O–H groups in total. The first-order valence-electron chi connectivity index (χ1n) is 10.1. The number of amides is 1. The van der Waals surface area contributed by atoms with Crippen molar-refractivity contribution in [3.63, 3.8) is 0 Å². The minimum Gasteiger partial charge on any atom is -0.352 e. The molecule has 1 amide bonds. The van der Waals surface area contributed by atoms with Crippen molar-refractivity contribution in [3.05, 3.63) is 95.9 Å². The number of aromatic nitrogens is 4. The Bertz CT molecular complexity index is 1100. The van der Waals surface area contributed by atoms with Gasteiger partial charge in [0.15, 0.2) is 0 Å². The third-order valence-corrected chi connectivity index (χ3v) is 4.88. The van der Waals surface area contributed by atoms with Crippen LogP contribution in [-0.2, 0) is 24.4 Å². The van der Waals surface area contributed by atoms with Crippen LogP contribution in [0, 0.1) is 6.92 Å². The summed E-state index contributed by atoms with van der Waals surface area (Å²) in [6.07, 6.45) is 6.14. The zero-order valence-electron chi connectivity index (χ0n) is 17.0. The molecule has 0 saturated heterocycles. The Balaban J connectivity index is 1.45. The normalized spacial score (nSPS) is 10.8. The SMILES string of the molecule is Cc1cnn(CCC(=O)NCc2cn(Cc3ccccc3)nc2-c2ccccc2)c1. The zero-order valence-corrected chi connectivity index (χ0v) is 17.0. The Morgan fingerprint density at radius 2 is 1.70 bits per heavy atom. The van der Waals surface area contributed by atoms with E-state index in [-0.39, 0.29) is 5.91 Å². The molecule has 0 unspecified atom stereocenters. The number of rotatable bonds is 8. The lowest BCUT2D eigenvalue weighted by Gasteiger charge is -2.06. The number of carbonyl (C=O) groups excluding carboxylic acids is 1. The van der Waals surface area contributed by atoms with Gasteiger partial charge in [0.05, 0.1) is 18.4 Å². The van der Waals surface area contributed by atoms with Crippen molar-refractivity contribution in [1.82, 2.24) is 24.9 Å². The Hall–Kier alpha value is -3.67. The largest absolute Gasteiger partial charge is 0.352 e. The fraction of sp³-hybridized carbons (Fsp3) is 0.208. The molecule has 2 aromatic carbocycles. The molecular weight excluding hydrogens is 374 g/mol. The average molecular weight is 399 g/mol. The Morgan fingerprint density at radius 3 is 2.40 bits per heavy atom. The summed E-state index contributed by atoms with van der Waals surface area (Å²) >= 11 is 0. The van der Waals surface area contributed by atoms with Crippen LogP contribution in [0.3, 0.4) is 0 Å². The van der Waals surface area contributed by atoms with Gasteiger partial charge in [0.1, 0.15) is 0 Å². The molecule has 2 aromatic heterocycles. The molecule has 0 radical (unpaired) electrons. The highest BCUT2D eigenvalue weighted by Crippen LogP contribution is 2.22. The lowest BCUT2D eigenvalue weighted by Crippen LogP contribution is -2.24. The van der Waals surface area contributed by atoms with Crippen LogP contribution < -0.4 is 5.32 Å². The van der Waals surface area contributed by atoms with Crippen molar-refractivity contribution >= 4 is 5.91 Å². The maximum Gasteiger partial charge on any atom is 0.222 e. The van der Waals surface area contributed by atoms with Crippen LogP contribution in [0.15, 0.2) is 79.3 Å². The van der Waals surface area contributed by atoms with Crippen molar-refractivity contribution in [3.8, 4) is 11.3 Å². The van der Waals surface area contributed by atoms with Gasteiger partial charge in [-0.05, 0) is 18.1 Å². The van der Waals surface area contributed by atoms with Crippen LogP contribution >= 0.6 is 0 Å². The summed E-state index contributed by atoms with van der Waals surface area (Å²) in [7, 11) is 0. The van der Waals surface area contributed by atoms with Gasteiger partial charge in [0.2, 0.25) is 5.91 Å². The fourth-order valence-electron chi connectivity index (χ4n) is 3.37. The van der Waals surface area contributed by atoms with Crippen molar-refractivity contribution in [2.45, 2.75) is 33.0 Å². The number of hydrogen-bond acceptors (Lipinski definition) is 3. The van der Waals surface area contributed by atoms with Gasteiger partial charge < -0.3 is 5.32 Å². The van der Waals surface area contributed by atoms with Crippen LogP contribution in [0.25, 0.3) is 11.3 Å². The molecule has 0 aliphatic heterocycles. The molecule has 2 heterocycles. The highest BCUT2D eigenvalue weighted by Gasteiger charge is 2.13. The van der Waals surface area contributed by atoms with Crippen molar-refractivity contribution in [1.29, 1.82) is 0 Å². The molecule has 4 rings (SSSR count). The van der Waals surface area contributed by atoms with E-state index >= 15 is 0 Å². The standard InChI is InChI=1S/C24H25N5O/c1-19-14-26-28(16-19)13-12-23(30)25-15-22-18-29(17-20-8-4-2-5-9-20)27-24(22)21-10-6-3-7-11-21/h2-11,14,16,18H,12-13,15,17H2,1H3,(H,25,30). The zero-order chi connectivity index (χ0) is 20.8. The van der Waals surface area contributed by atoms with Crippen molar-refractivity contribution < 1.29 is 4.79 Å². The van der Waals surface area contributed by atoms with Crippen LogP contribution in [0.2, 0.25) is 0 Å². The molecule has 4 aromatic rings. The van der Waals surface area contributed by atoms with Gasteiger partial charge in [0.25, 0.3) is 0 Å². The fourth-order valence-corrected chi connectivity index (χ4v) is 3.37. The highest BCUT2D eigenvalue weighted by atomic mass is 16.1. The van der Waals surface area contributed by atoms with Gasteiger partial charge in [-0.2, -0.15) is 10.2 Å². The monoisotopic (exact) mass is 399 g/mol. The second-order valence-corrected chi connectivity index (χ2v) is 7.36. The molecular formula is C24H25N5O. The van der Waals surface area contributed by atoms with Crippen molar-refractivity contribution in [2.75, 3.05) is 0 Å². The third-order valence-electron chi connectivity index (χ3n) is 4.88. The Labute approximate surface area is 176 Å². The molecule has 6 nitrogen and oxygen atoms in total. The van der Waals surface area contributed by atoms with Gasteiger partial charge >= 0.3 is 0 Å². The number of nitrogens with one attached hydrogen (secondary N) is 1. The predicted molar refractivity (Wildman–Crippen MR) is 117 cm³/mol. The Morgan fingerprint density at radius 1 is 0.967 bits per heavy atom.